The van der Waals surface area contributed by atoms with E-state index in [1.807, 2.05) is 42.5 Å². The highest BCUT2D eigenvalue weighted by Crippen LogP contribution is 2.28. The standard InChI is InChI=1S/C20H21Cl2N3O3/c21-17-6-5-16(13-18(17)22)25-11-9-24(10-12-25)15-3-1-14(2-4-15)23-19(26)7-8-20(27)28/h1-6,13H,7-12H2,(H,23,26)(H,27,28). The third-order valence-electron chi connectivity index (χ3n) is 4.63. The molecule has 8 heteroatoms. The molecule has 0 saturated carbocycles. The highest BCUT2D eigenvalue weighted by atomic mass is 35.5. The lowest BCUT2D eigenvalue weighted by Crippen LogP contribution is -2.46. The Balaban J connectivity index is 1.53. The maximum atomic E-state index is 11.7. The molecule has 0 radical (unpaired) electrons. The van der Waals surface area contributed by atoms with E-state index in [9.17, 15) is 9.59 Å². The Hall–Kier alpha value is -2.44. The van der Waals surface area contributed by atoms with Crippen molar-refractivity contribution in [1.82, 2.24) is 0 Å². The minimum absolute atomic E-state index is 0.0340. The molecule has 28 heavy (non-hydrogen) atoms. The van der Waals surface area contributed by atoms with Crippen molar-refractivity contribution in [3.8, 4) is 0 Å². The zero-order valence-electron chi connectivity index (χ0n) is 15.2. The van der Waals surface area contributed by atoms with Gasteiger partial charge in [-0.3, -0.25) is 9.59 Å². The third-order valence-corrected chi connectivity index (χ3v) is 5.37. The van der Waals surface area contributed by atoms with Crippen LogP contribution >= 0.6 is 23.2 Å². The molecule has 148 valence electrons. The molecule has 2 aromatic rings. The lowest BCUT2D eigenvalue weighted by atomic mass is 10.2. The number of rotatable bonds is 6. The van der Waals surface area contributed by atoms with Gasteiger partial charge in [0.1, 0.15) is 0 Å². The van der Waals surface area contributed by atoms with Crippen LogP contribution in [0.5, 0.6) is 0 Å². The molecular formula is C20H21Cl2N3O3. The van der Waals surface area contributed by atoms with Crippen molar-refractivity contribution >= 4 is 52.1 Å². The van der Waals surface area contributed by atoms with E-state index in [1.54, 1.807) is 0 Å². The molecule has 2 N–H and O–H groups in total. The number of piperazine rings is 1. The fourth-order valence-corrected chi connectivity index (χ4v) is 3.40. The summed E-state index contributed by atoms with van der Waals surface area (Å²) < 4.78 is 0. The van der Waals surface area contributed by atoms with Crippen molar-refractivity contribution in [2.45, 2.75) is 12.8 Å². The van der Waals surface area contributed by atoms with Crippen LogP contribution in [0.25, 0.3) is 0 Å². The van der Waals surface area contributed by atoms with Gasteiger partial charge in [0.2, 0.25) is 5.91 Å². The summed E-state index contributed by atoms with van der Waals surface area (Å²) >= 11 is 12.1. The van der Waals surface area contributed by atoms with E-state index in [0.29, 0.717) is 15.7 Å². The number of nitrogens with zero attached hydrogens (tertiary/aromatic N) is 2. The summed E-state index contributed by atoms with van der Waals surface area (Å²) in [4.78, 5) is 26.8. The Labute approximate surface area is 173 Å². The molecule has 1 fully saturated rings. The monoisotopic (exact) mass is 421 g/mol. The molecule has 3 rings (SSSR count). The van der Waals surface area contributed by atoms with Crippen molar-refractivity contribution in [3.63, 3.8) is 0 Å². The molecule has 1 aliphatic heterocycles. The maximum Gasteiger partial charge on any atom is 0.303 e. The highest BCUT2D eigenvalue weighted by Gasteiger charge is 2.18. The van der Waals surface area contributed by atoms with Crippen molar-refractivity contribution in [2.75, 3.05) is 41.3 Å². The number of anilines is 3. The molecule has 1 amide bonds. The van der Waals surface area contributed by atoms with Crippen LogP contribution in [-0.4, -0.2) is 43.2 Å². The quantitative estimate of drug-likeness (QED) is 0.733. The minimum Gasteiger partial charge on any atom is -0.481 e. The second-order valence-electron chi connectivity index (χ2n) is 6.56. The lowest BCUT2D eigenvalue weighted by Gasteiger charge is -2.37. The van der Waals surface area contributed by atoms with Crippen molar-refractivity contribution in [2.24, 2.45) is 0 Å². The van der Waals surface area contributed by atoms with Crippen LogP contribution < -0.4 is 15.1 Å². The number of amides is 1. The molecular weight excluding hydrogens is 401 g/mol. The first-order chi connectivity index (χ1) is 13.4. The first kappa shape index (κ1) is 20.3. The van der Waals surface area contributed by atoms with Crippen LogP contribution in [0, 0.1) is 0 Å². The van der Waals surface area contributed by atoms with Gasteiger partial charge in [0, 0.05) is 49.7 Å². The third kappa shape index (κ3) is 5.30. The average Bonchev–Trinajstić information content (AvgIpc) is 2.69. The fraction of sp³-hybridized carbons (Fsp3) is 0.300. The molecule has 1 saturated heterocycles. The number of carboxylic acids is 1. The van der Waals surface area contributed by atoms with Gasteiger partial charge in [0.25, 0.3) is 0 Å². The van der Waals surface area contributed by atoms with Crippen LogP contribution in [0.15, 0.2) is 42.5 Å². The molecule has 0 atom stereocenters. The summed E-state index contributed by atoms with van der Waals surface area (Å²) in [6.45, 7) is 3.46. The topological polar surface area (TPSA) is 72.9 Å². The minimum atomic E-state index is -0.981. The van der Waals surface area contributed by atoms with E-state index in [4.69, 9.17) is 28.3 Å². The van der Waals surface area contributed by atoms with Crippen LogP contribution in [0.2, 0.25) is 10.0 Å². The van der Waals surface area contributed by atoms with Gasteiger partial charge < -0.3 is 20.2 Å². The van der Waals surface area contributed by atoms with E-state index >= 15 is 0 Å². The Morgan fingerprint density at radius 3 is 2.00 bits per heavy atom. The molecule has 6 nitrogen and oxygen atoms in total. The SMILES string of the molecule is O=C(O)CCC(=O)Nc1ccc(N2CCN(c3ccc(Cl)c(Cl)c3)CC2)cc1. The summed E-state index contributed by atoms with van der Waals surface area (Å²) in [6.07, 6.45) is -0.208. The molecule has 1 aliphatic rings. The summed E-state index contributed by atoms with van der Waals surface area (Å²) in [7, 11) is 0. The van der Waals surface area contributed by atoms with E-state index in [1.165, 1.54) is 0 Å². The van der Waals surface area contributed by atoms with Crippen molar-refractivity contribution in [1.29, 1.82) is 0 Å². The summed E-state index contributed by atoms with van der Waals surface area (Å²) in [5.41, 5.74) is 2.80. The molecule has 0 aliphatic carbocycles. The smallest absolute Gasteiger partial charge is 0.303 e. The molecule has 2 aromatic carbocycles. The number of hydrogen-bond acceptors (Lipinski definition) is 4. The van der Waals surface area contributed by atoms with Crippen LogP contribution in [-0.2, 0) is 9.59 Å². The predicted molar refractivity (Wildman–Crippen MR) is 113 cm³/mol. The molecule has 1 heterocycles. The largest absolute Gasteiger partial charge is 0.481 e. The number of carbonyl (C=O) groups excluding carboxylic acids is 1. The van der Waals surface area contributed by atoms with Crippen LogP contribution in [0.3, 0.4) is 0 Å². The number of benzene rings is 2. The highest BCUT2D eigenvalue weighted by molar-refractivity contribution is 6.42. The van der Waals surface area contributed by atoms with Gasteiger partial charge in [0.05, 0.1) is 16.5 Å². The predicted octanol–water partition coefficient (Wildman–Crippen LogP) is 4.12. The van der Waals surface area contributed by atoms with Gasteiger partial charge in [0.15, 0.2) is 0 Å². The first-order valence-electron chi connectivity index (χ1n) is 8.99. The van der Waals surface area contributed by atoms with Gasteiger partial charge in [-0.15, -0.1) is 0 Å². The van der Waals surface area contributed by atoms with Gasteiger partial charge in [-0.2, -0.15) is 0 Å². The number of hydrogen-bond donors (Lipinski definition) is 2. The van der Waals surface area contributed by atoms with Gasteiger partial charge in [-0.05, 0) is 42.5 Å². The lowest BCUT2D eigenvalue weighted by molar-refractivity contribution is -0.138. The second-order valence-corrected chi connectivity index (χ2v) is 7.38. The molecule has 0 bridgehead atoms. The Bertz CT molecular complexity index is 850. The second kappa shape index (κ2) is 9.17. The number of carbonyl (C=O) groups is 2. The number of nitrogens with one attached hydrogen (secondary N) is 1. The van der Waals surface area contributed by atoms with Gasteiger partial charge in [-0.25, -0.2) is 0 Å². The number of halogens is 2. The van der Waals surface area contributed by atoms with E-state index in [2.05, 4.69) is 15.1 Å². The number of aliphatic carboxylic acids is 1. The molecule has 0 aromatic heterocycles. The Morgan fingerprint density at radius 2 is 1.43 bits per heavy atom. The van der Waals surface area contributed by atoms with E-state index in [-0.39, 0.29) is 18.7 Å². The van der Waals surface area contributed by atoms with E-state index < -0.39 is 5.97 Å². The van der Waals surface area contributed by atoms with Gasteiger partial charge >= 0.3 is 5.97 Å². The fourth-order valence-electron chi connectivity index (χ4n) is 3.10. The summed E-state index contributed by atoms with van der Waals surface area (Å²) in [5, 5.41) is 12.5. The van der Waals surface area contributed by atoms with E-state index in [0.717, 1.165) is 37.6 Å². The average molecular weight is 422 g/mol. The van der Waals surface area contributed by atoms with Gasteiger partial charge in [-0.1, -0.05) is 23.2 Å². The zero-order chi connectivity index (χ0) is 20.1. The normalized spacial score (nSPS) is 14.1. The molecule has 0 unspecified atom stereocenters. The maximum absolute atomic E-state index is 11.7. The number of carboxylic acid groups (broad SMARTS) is 1. The summed E-state index contributed by atoms with van der Waals surface area (Å²) in [5.74, 6) is -1.28. The van der Waals surface area contributed by atoms with Crippen molar-refractivity contribution < 1.29 is 14.7 Å². The Morgan fingerprint density at radius 1 is 0.857 bits per heavy atom. The van der Waals surface area contributed by atoms with Crippen LogP contribution in [0.1, 0.15) is 12.8 Å². The zero-order valence-corrected chi connectivity index (χ0v) is 16.7. The van der Waals surface area contributed by atoms with Crippen molar-refractivity contribution in [3.05, 3.63) is 52.5 Å². The van der Waals surface area contributed by atoms with Crippen LogP contribution in [0.4, 0.5) is 17.1 Å². The molecule has 0 spiro atoms. The Kier molecular flexibility index (Phi) is 6.65. The summed E-state index contributed by atoms with van der Waals surface area (Å²) in [6, 6.07) is 13.3. The first-order valence-corrected chi connectivity index (χ1v) is 9.74.